The Morgan fingerprint density at radius 1 is 1.42 bits per heavy atom. The Morgan fingerprint density at radius 3 is 2.58 bits per heavy atom. The zero-order valence-electron chi connectivity index (χ0n) is 6.49. The minimum Gasteiger partial charge on any atom is -0.481 e. The second-order valence-electron chi connectivity index (χ2n) is 2.92. The summed E-state index contributed by atoms with van der Waals surface area (Å²) in [6.45, 7) is 0.592. The molecule has 5 nitrogen and oxygen atoms in total. The first kappa shape index (κ1) is 8.99. The number of carbonyl (C=O) groups is 2. The Bertz CT molecular complexity index is 204. The zero-order valence-corrected chi connectivity index (χ0v) is 6.49. The SMILES string of the molecule is O=C(O)CC1CCNC1C(=O)O. The van der Waals surface area contributed by atoms with Crippen LogP contribution in [-0.4, -0.2) is 34.7 Å². The number of carboxylic acids is 2. The van der Waals surface area contributed by atoms with Crippen LogP contribution in [0.4, 0.5) is 0 Å². The summed E-state index contributed by atoms with van der Waals surface area (Å²) in [6, 6.07) is -0.680. The molecule has 3 N–H and O–H groups in total. The maximum absolute atomic E-state index is 10.5. The molecule has 0 bridgehead atoms. The van der Waals surface area contributed by atoms with Crippen LogP contribution in [0.2, 0.25) is 0 Å². The second kappa shape index (κ2) is 3.53. The van der Waals surface area contributed by atoms with E-state index in [-0.39, 0.29) is 12.3 Å². The van der Waals surface area contributed by atoms with Gasteiger partial charge in [0.1, 0.15) is 6.04 Å². The van der Waals surface area contributed by atoms with E-state index in [2.05, 4.69) is 5.32 Å². The van der Waals surface area contributed by atoms with Gasteiger partial charge < -0.3 is 15.5 Å². The molecule has 68 valence electrons. The van der Waals surface area contributed by atoms with E-state index in [1.807, 2.05) is 0 Å². The molecule has 0 aliphatic carbocycles. The number of nitrogens with one attached hydrogen (secondary N) is 1. The maximum Gasteiger partial charge on any atom is 0.320 e. The van der Waals surface area contributed by atoms with Crippen LogP contribution in [0.5, 0.6) is 0 Å². The van der Waals surface area contributed by atoms with Crippen LogP contribution in [0.25, 0.3) is 0 Å². The second-order valence-corrected chi connectivity index (χ2v) is 2.92. The van der Waals surface area contributed by atoms with Crippen molar-refractivity contribution in [3.05, 3.63) is 0 Å². The number of hydrogen-bond donors (Lipinski definition) is 3. The van der Waals surface area contributed by atoms with E-state index >= 15 is 0 Å². The summed E-state index contributed by atoms with van der Waals surface area (Å²) in [5.41, 5.74) is 0. The highest BCUT2D eigenvalue weighted by atomic mass is 16.4. The highest BCUT2D eigenvalue weighted by Gasteiger charge is 2.33. The lowest BCUT2D eigenvalue weighted by molar-refractivity contribution is -0.141. The van der Waals surface area contributed by atoms with Crippen LogP contribution in [0.1, 0.15) is 12.8 Å². The van der Waals surface area contributed by atoms with Crippen LogP contribution >= 0.6 is 0 Å². The molecule has 1 saturated heterocycles. The molecule has 1 heterocycles. The van der Waals surface area contributed by atoms with E-state index in [0.717, 1.165) is 0 Å². The van der Waals surface area contributed by atoms with Crippen LogP contribution in [0.15, 0.2) is 0 Å². The molecule has 12 heavy (non-hydrogen) atoms. The van der Waals surface area contributed by atoms with Crippen molar-refractivity contribution in [3.8, 4) is 0 Å². The van der Waals surface area contributed by atoms with Gasteiger partial charge in [0.2, 0.25) is 0 Å². The van der Waals surface area contributed by atoms with Crippen molar-refractivity contribution in [1.29, 1.82) is 0 Å². The molecule has 0 saturated carbocycles. The Morgan fingerprint density at radius 2 is 2.08 bits per heavy atom. The molecule has 0 amide bonds. The Kier molecular flexibility index (Phi) is 2.65. The van der Waals surface area contributed by atoms with E-state index < -0.39 is 18.0 Å². The number of rotatable bonds is 3. The van der Waals surface area contributed by atoms with Crippen LogP contribution in [0, 0.1) is 5.92 Å². The summed E-state index contributed by atoms with van der Waals surface area (Å²) in [4.78, 5) is 20.8. The van der Waals surface area contributed by atoms with Gasteiger partial charge in [0.25, 0.3) is 0 Å². The highest BCUT2D eigenvalue weighted by molar-refractivity contribution is 5.76. The monoisotopic (exact) mass is 173 g/mol. The summed E-state index contributed by atoms with van der Waals surface area (Å²) in [5, 5.41) is 19.8. The molecular weight excluding hydrogens is 162 g/mol. The van der Waals surface area contributed by atoms with Crippen molar-refractivity contribution in [2.45, 2.75) is 18.9 Å². The first-order chi connectivity index (χ1) is 5.61. The van der Waals surface area contributed by atoms with E-state index in [9.17, 15) is 9.59 Å². The van der Waals surface area contributed by atoms with Crippen molar-refractivity contribution < 1.29 is 19.8 Å². The molecule has 0 spiro atoms. The minimum atomic E-state index is -0.959. The zero-order chi connectivity index (χ0) is 9.14. The van der Waals surface area contributed by atoms with Gasteiger partial charge >= 0.3 is 11.9 Å². The van der Waals surface area contributed by atoms with Gasteiger partial charge in [-0.1, -0.05) is 0 Å². The minimum absolute atomic E-state index is 0.0655. The Labute approximate surface area is 69.4 Å². The highest BCUT2D eigenvalue weighted by Crippen LogP contribution is 2.19. The van der Waals surface area contributed by atoms with Crippen molar-refractivity contribution in [1.82, 2.24) is 5.32 Å². The molecule has 1 fully saturated rings. The van der Waals surface area contributed by atoms with Gasteiger partial charge in [-0.2, -0.15) is 0 Å². The standard InChI is InChI=1S/C7H11NO4/c9-5(10)3-4-1-2-8-6(4)7(11)12/h4,6,8H,1-3H2,(H,9,10)(H,11,12). The van der Waals surface area contributed by atoms with Crippen molar-refractivity contribution in [3.63, 3.8) is 0 Å². The normalized spacial score (nSPS) is 28.7. The lowest BCUT2D eigenvalue weighted by Crippen LogP contribution is -2.36. The average Bonchev–Trinajstić information content (AvgIpc) is 2.33. The first-order valence-corrected chi connectivity index (χ1v) is 3.79. The third kappa shape index (κ3) is 1.94. The third-order valence-corrected chi connectivity index (χ3v) is 2.05. The van der Waals surface area contributed by atoms with Gasteiger partial charge in [-0.25, -0.2) is 0 Å². The molecule has 1 aliphatic heterocycles. The van der Waals surface area contributed by atoms with E-state index in [0.29, 0.717) is 13.0 Å². The topological polar surface area (TPSA) is 86.6 Å². The molecular formula is C7H11NO4. The fourth-order valence-electron chi connectivity index (χ4n) is 1.49. The van der Waals surface area contributed by atoms with Crippen LogP contribution in [-0.2, 0) is 9.59 Å². The van der Waals surface area contributed by atoms with Gasteiger partial charge in [-0.3, -0.25) is 9.59 Å². The summed E-state index contributed by atoms with van der Waals surface area (Å²) in [6.07, 6.45) is 0.563. The molecule has 2 atom stereocenters. The van der Waals surface area contributed by atoms with Gasteiger partial charge in [0.15, 0.2) is 0 Å². The molecule has 1 aliphatic rings. The molecule has 5 heteroatoms. The first-order valence-electron chi connectivity index (χ1n) is 3.79. The predicted molar refractivity (Wildman–Crippen MR) is 39.8 cm³/mol. The molecule has 0 aromatic heterocycles. The van der Waals surface area contributed by atoms with Crippen LogP contribution in [0.3, 0.4) is 0 Å². The van der Waals surface area contributed by atoms with Gasteiger partial charge in [0.05, 0.1) is 6.42 Å². The number of carboxylic acid groups (broad SMARTS) is 2. The summed E-state index contributed by atoms with van der Waals surface area (Å²) in [5.74, 6) is -2.16. The Balaban J connectivity index is 2.52. The predicted octanol–water partition coefficient (Wildman–Crippen LogP) is -0.476. The average molecular weight is 173 g/mol. The third-order valence-electron chi connectivity index (χ3n) is 2.05. The largest absolute Gasteiger partial charge is 0.481 e. The Hall–Kier alpha value is -1.10. The number of aliphatic carboxylic acids is 2. The van der Waals surface area contributed by atoms with Crippen molar-refractivity contribution in [2.75, 3.05) is 6.54 Å². The molecule has 0 aromatic carbocycles. The number of hydrogen-bond acceptors (Lipinski definition) is 3. The fraction of sp³-hybridized carbons (Fsp3) is 0.714. The van der Waals surface area contributed by atoms with E-state index in [4.69, 9.17) is 10.2 Å². The molecule has 0 aromatic rings. The summed E-state index contributed by atoms with van der Waals surface area (Å²) in [7, 11) is 0. The summed E-state index contributed by atoms with van der Waals surface area (Å²) < 4.78 is 0. The van der Waals surface area contributed by atoms with Gasteiger partial charge in [0, 0.05) is 0 Å². The van der Waals surface area contributed by atoms with Gasteiger partial charge in [-0.15, -0.1) is 0 Å². The van der Waals surface area contributed by atoms with E-state index in [1.54, 1.807) is 0 Å². The van der Waals surface area contributed by atoms with Gasteiger partial charge in [-0.05, 0) is 18.9 Å². The van der Waals surface area contributed by atoms with E-state index in [1.165, 1.54) is 0 Å². The van der Waals surface area contributed by atoms with Crippen molar-refractivity contribution in [2.24, 2.45) is 5.92 Å². The quantitative estimate of drug-likeness (QED) is 0.536. The molecule has 0 radical (unpaired) electrons. The summed E-state index contributed by atoms with van der Waals surface area (Å²) >= 11 is 0. The maximum atomic E-state index is 10.5. The fourth-order valence-corrected chi connectivity index (χ4v) is 1.49. The molecule has 2 unspecified atom stereocenters. The lowest BCUT2D eigenvalue weighted by atomic mass is 9.97. The van der Waals surface area contributed by atoms with Crippen LogP contribution < -0.4 is 5.32 Å². The lowest BCUT2D eigenvalue weighted by Gasteiger charge is -2.12. The van der Waals surface area contributed by atoms with Crippen molar-refractivity contribution >= 4 is 11.9 Å². The smallest absolute Gasteiger partial charge is 0.320 e. The molecule has 1 rings (SSSR count).